The second kappa shape index (κ2) is 6.84. The fourth-order valence-electron chi connectivity index (χ4n) is 3.64. The number of rotatable bonds is 2. The Bertz CT molecular complexity index is 1340. The third-order valence-corrected chi connectivity index (χ3v) is 5.08. The molecule has 0 N–H and O–H groups in total. The van der Waals surface area contributed by atoms with Crippen LogP contribution in [0.15, 0.2) is 76.1 Å². The number of hydrogen-bond acceptors (Lipinski definition) is 6. The minimum Gasteiger partial charge on any atom is -0.486 e. The van der Waals surface area contributed by atoms with Crippen molar-refractivity contribution in [3.8, 4) is 34.3 Å². The van der Waals surface area contributed by atoms with E-state index in [4.69, 9.17) is 28.4 Å². The van der Waals surface area contributed by atoms with Gasteiger partial charge in [0.2, 0.25) is 6.79 Å². The normalized spacial score (nSPS) is 14.9. The van der Waals surface area contributed by atoms with Crippen LogP contribution in [0.1, 0.15) is 0 Å². The van der Waals surface area contributed by atoms with Crippen molar-refractivity contribution in [1.29, 1.82) is 0 Å². The molecule has 0 radical (unpaired) electrons. The fourth-order valence-corrected chi connectivity index (χ4v) is 3.64. The lowest BCUT2D eigenvalue weighted by Gasteiger charge is -2.18. The lowest BCUT2D eigenvalue weighted by molar-refractivity contribution is 0.171. The highest BCUT2D eigenvalue weighted by Gasteiger charge is 2.15. The smallest absolute Gasteiger partial charge is 0.231 e. The van der Waals surface area contributed by atoms with Gasteiger partial charge in [-0.2, -0.15) is 0 Å². The SMILES string of the molecule is c1ccc2c(=Nc3ccc4c(c3)OCO4)cc(-c3ccc4c(c3)OCCO4)oc2c1. The van der Waals surface area contributed by atoms with Crippen LogP contribution in [0, 0.1) is 0 Å². The lowest BCUT2D eigenvalue weighted by Crippen LogP contribution is -2.15. The van der Waals surface area contributed by atoms with Crippen molar-refractivity contribution in [2.75, 3.05) is 20.0 Å². The standard InChI is InChI=1S/C24H17NO5/c1-2-4-19-17(3-1)18(25-16-6-8-21-24(12-16)29-14-28-21)13-22(30-19)15-5-7-20-23(11-15)27-10-9-26-20/h1-8,11-13H,9-10,14H2. The summed E-state index contributed by atoms with van der Waals surface area (Å²) in [5.74, 6) is 3.60. The molecule has 4 aromatic rings. The minimum atomic E-state index is 0.236. The molecule has 0 unspecified atom stereocenters. The van der Waals surface area contributed by atoms with Gasteiger partial charge in [-0.15, -0.1) is 0 Å². The van der Waals surface area contributed by atoms with Crippen LogP contribution in [-0.4, -0.2) is 20.0 Å². The van der Waals surface area contributed by atoms with Gasteiger partial charge < -0.3 is 23.4 Å². The van der Waals surface area contributed by atoms with Crippen molar-refractivity contribution in [1.82, 2.24) is 0 Å². The van der Waals surface area contributed by atoms with Gasteiger partial charge in [0.05, 0.1) is 11.0 Å². The summed E-state index contributed by atoms with van der Waals surface area (Å²) in [6, 6.07) is 21.3. The zero-order chi connectivity index (χ0) is 19.9. The number of benzene rings is 3. The van der Waals surface area contributed by atoms with Crippen LogP contribution in [0.5, 0.6) is 23.0 Å². The third kappa shape index (κ3) is 2.93. The summed E-state index contributed by atoms with van der Waals surface area (Å²) >= 11 is 0. The maximum Gasteiger partial charge on any atom is 0.231 e. The van der Waals surface area contributed by atoms with Gasteiger partial charge in [-0.25, -0.2) is 4.99 Å². The van der Waals surface area contributed by atoms with E-state index in [2.05, 4.69) is 0 Å². The molecule has 3 heterocycles. The predicted molar refractivity (Wildman–Crippen MR) is 110 cm³/mol. The Balaban J connectivity index is 1.52. The Hall–Kier alpha value is -3.93. The molecule has 30 heavy (non-hydrogen) atoms. The van der Waals surface area contributed by atoms with Crippen molar-refractivity contribution < 1.29 is 23.4 Å². The number of para-hydroxylation sites is 1. The van der Waals surface area contributed by atoms with E-state index in [0.717, 1.165) is 44.8 Å². The molecule has 0 spiro atoms. The molecule has 2 aliphatic heterocycles. The van der Waals surface area contributed by atoms with Gasteiger partial charge in [-0.05, 0) is 42.5 Å². The molecule has 0 saturated heterocycles. The monoisotopic (exact) mass is 399 g/mol. The topological polar surface area (TPSA) is 62.4 Å². The Morgan fingerprint density at radius 1 is 0.667 bits per heavy atom. The maximum absolute atomic E-state index is 6.19. The fraction of sp³-hybridized carbons (Fsp3) is 0.125. The van der Waals surface area contributed by atoms with Gasteiger partial charge in [0, 0.05) is 23.1 Å². The van der Waals surface area contributed by atoms with Gasteiger partial charge in [0.1, 0.15) is 24.6 Å². The first-order valence-corrected chi connectivity index (χ1v) is 9.71. The van der Waals surface area contributed by atoms with Crippen LogP contribution in [0.3, 0.4) is 0 Å². The van der Waals surface area contributed by atoms with E-state index in [-0.39, 0.29) is 6.79 Å². The van der Waals surface area contributed by atoms with Crippen molar-refractivity contribution in [3.63, 3.8) is 0 Å². The van der Waals surface area contributed by atoms with E-state index in [1.165, 1.54) is 0 Å². The highest BCUT2D eigenvalue weighted by molar-refractivity contribution is 5.79. The van der Waals surface area contributed by atoms with Crippen molar-refractivity contribution >= 4 is 16.7 Å². The number of hydrogen-bond donors (Lipinski definition) is 0. The molecule has 6 nitrogen and oxygen atoms in total. The molecule has 6 rings (SSSR count). The van der Waals surface area contributed by atoms with Crippen molar-refractivity contribution in [3.05, 3.63) is 72.1 Å². The summed E-state index contributed by atoms with van der Waals surface area (Å²) in [7, 11) is 0. The highest BCUT2D eigenvalue weighted by atomic mass is 16.7. The van der Waals surface area contributed by atoms with Crippen LogP contribution in [0.4, 0.5) is 5.69 Å². The van der Waals surface area contributed by atoms with Crippen LogP contribution in [0.25, 0.3) is 22.3 Å². The predicted octanol–water partition coefficient (Wildman–Crippen LogP) is 4.83. The molecule has 6 heteroatoms. The summed E-state index contributed by atoms with van der Waals surface area (Å²) in [6.45, 7) is 1.33. The molecular formula is C24H17NO5. The van der Waals surface area contributed by atoms with Gasteiger partial charge in [-0.3, -0.25) is 0 Å². The van der Waals surface area contributed by atoms with Crippen LogP contribution >= 0.6 is 0 Å². The Kier molecular flexibility index (Phi) is 3.87. The average molecular weight is 399 g/mol. The molecule has 0 saturated carbocycles. The van der Waals surface area contributed by atoms with Gasteiger partial charge in [-0.1, -0.05) is 12.1 Å². The molecular weight excluding hydrogens is 382 g/mol. The van der Waals surface area contributed by atoms with Gasteiger partial charge in [0.25, 0.3) is 0 Å². The second-order valence-corrected chi connectivity index (χ2v) is 7.00. The van der Waals surface area contributed by atoms with Gasteiger partial charge in [0.15, 0.2) is 23.0 Å². The first-order chi connectivity index (χ1) is 14.8. The summed E-state index contributed by atoms with van der Waals surface area (Å²) in [5, 5.41) is 1.73. The van der Waals surface area contributed by atoms with E-state index in [1.807, 2.05) is 66.7 Å². The first-order valence-electron chi connectivity index (χ1n) is 9.71. The molecule has 2 aliphatic rings. The van der Waals surface area contributed by atoms with E-state index < -0.39 is 0 Å². The molecule has 1 aromatic heterocycles. The highest BCUT2D eigenvalue weighted by Crippen LogP contribution is 2.36. The maximum atomic E-state index is 6.19. The third-order valence-electron chi connectivity index (χ3n) is 5.08. The Morgan fingerprint density at radius 3 is 2.40 bits per heavy atom. The van der Waals surface area contributed by atoms with Crippen LogP contribution < -0.4 is 24.3 Å². The molecule has 148 valence electrons. The van der Waals surface area contributed by atoms with E-state index in [1.54, 1.807) is 0 Å². The number of nitrogens with zero attached hydrogens (tertiary/aromatic N) is 1. The van der Waals surface area contributed by atoms with Gasteiger partial charge >= 0.3 is 0 Å². The van der Waals surface area contributed by atoms with E-state index >= 15 is 0 Å². The zero-order valence-electron chi connectivity index (χ0n) is 16.0. The minimum absolute atomic E-state index is 0.236. The van der Waals surface area contributed by atoms with E-state index in [9.17, 15) is 0 Å². The molecule has 0 aliphatic carbocycles. The summed E-state index contributed by atoms with van der Waals surface area (Å²) in [6.07, 6.45) is 0. The number of ether oxygens (including phenoxy) is 4. The lowest BCUT2D eigenvalue weighted by atomic mass is 10.1. The molecule has 0 bridgehead atoms. The van der Waals surface area contributed by atoms with Crippen molar-refractivity contribution in [2.24, 2.45) is 4.99 Å². The van der Waals surface area contributed by atoms with E-state index in [0.29, 0.717) is 24.7 Å². The second-order valence-electron chi connectivity index (χ2n) is 7.00. The first kappa shape index (κ1) is 17.0. The van der Waals surface area contributed by atoms with Crippen molar-refractivity contribution in [2.45, 2.75) is 0 Å². The van der Waals surface area contributed by atoms with Crippen LogP contribution in [-0.2, 0) is 0 Å². The molecule has 3 aromatic carbocycles. The largest absolute Gasteiger partial charge is 0.486 e. The Labute approximate surface area is 171 Å². The summed E-state index contributed by atoms with van der Waals surface area (Å²) < 4.78 is 28.4. The molecule has 0 amide bonds. The molecule has 0 fully saturated rings. The zero-order valence-corrected chi connectivity index (χ0v) is 16.0. The summed E-state index contributed by atoms with van der Waals surface area (Å²) in [4.78, 5) is 4.87. The Morgan fingerprint density at radius 2 is 1.43 bits per heavy atom. The number of fused-ring (bicyclic) bond motifs is 3. The quantitative estimate of drug-likeness (QED) is 0.483. The average Bonchev–Trinajstić information content (AvgIpc) is 3.26. The summed E-state index contributed by atoms with van der Waals surface area (Å²) in [5.41, 5.74) is 2.43. The molecule has 0 atom stereocenters. The van der Waals surface area contributed by atoms with Crippen LogP contribution in [0.2, 0.25) is 0 Å².